The van der Waals surface area contributed by atoms with Crippen molar-refractivity contribution >= 4 is 5.97 Å². The van der Waals surface area contributed by atoms with Gasteiger partial charge in [-0.15, -0.1) is 0 Å². The predicted molar refractivity (Wildman–Crippen MR) is 64.2 cm³/mol. The van der Waals surface area contributed by atoms with Crippen molar-refractivity contribution in [1.82, 2.24) is 9.97 Å². The summed E-state index contributed by atoms with van der Waals surface area (Å²) < 4.78 is 0. The molecule has 88 valence electrons. The number of aromatic nitrogens is 2. The molecule has 4 heteroatoms. The van der Waals surface area contributed by atoms with E-state index < -0.39 is 5.97 Å². The second-order valence-corrected chi connectivity index (χ2v) is 4.04. The second-order valence-electron chi connectivity index (χ2n) is 4.04. The maximum atomic E-state index is 11.1. The van der Waals surface area contributed by atoms with Crippen LogP contribution in [0.3, 0.4) is 0 Å². The first-order valence-electron chi connectivity index (χ1n) is 5.42. The lowest BCUT2D eigenvalue weighted by Gasteiger charge is -2.14. The van der Waals surface area contributed by atoms with Crippen molar-refractivity contribution < 1.29 is 9.90 Å². The van der Waals surface area contributed by atoms with Gasteiger partial charge in [-0.3, -0.25) is 0 Å². The number of carbonyl (C=O) groups is 1. The number of rotatable bonds is 3. The van der Waals surface area contributed by atoms with Gasteiger partial charge in [-0.1, -0.05) is 19.1 Å². The molecule has 17 heavy (non-hydrogen) atoms. The molecule has 1 atom stereocenters. The maximum absolute atomic E-state index is 11.1. The Hall–Kier alpha value is -2.10. The Bertz CT molecular complexity index is 532. The number of hydrogen-bond donors (Lipinski definition) is 2. The molecule has 1 aromatic carbocycles. The molecule has 0 aliphatic heterocycles. The van der Waals surface area contributed by atoms with E-state index in [1.807, 2.05) is 26.1 Å². The first kappa shape index (κ1) is 11.4. The van der Waals surface area contributed by atoms with Crippen molar-refractivity contribution in [3.8, 4) is 0 Å². The quantitative estimate of drug-likeness (QED) is 0.851. The molecule has 0 spiro atoms. The molecule has 1 aromatic heterocycles. The van der Waals surface area contributed by atoms with E-state index in [0.29, 0.717) is 5.56 Å². The zero-order valence-electron chi connectivity index (χ0n) is 9.77. The molecule has 0 fully saturated rings. The summed E-state index contributed by atoms with van der Waals surface area (Å²) in [7, 11) is 0. The van der Waals surface area contributed by atoms with E-state index in [1.165, 1.54) is 0 Å². The number of carboxylic acid groups (broad SMARTS) is 1. The molecule has 1 unspecified atom stereocenters. The van der Waals surface area contributed by atoms with Crippen LogP contribution in [0.25, 0.3) is 0 Å². The van der Waals surface area contributed by atoms with E-state index >= 15 is 0 Å². The van der Waals surface area contributed by atoms with Crippen LogP contribution in [-0.2, 0) is 0 Å². The summed E-state index contributed by atoms with van der Waals surface area (Å²) in [5.74, 6) is -0.806. The molecule has 0 radical (unpaired) electrons. The Kier molecular flexibility index (Phi) is 2.95. The van der Waals surface area contributed by atoms with Crippen LogP contribution in [0.1, 0.15) is 40.0 Å². The molecule has 0 aliphatic carbocycles. The van der Waals surface area contributed by atoms with Gasteiger partial charge in [0.1, 0.15) is 0 Å². The van der Waals surface area contributed by atoms with Crippen LogP contribution in [0, 0.1) is 6.92 Å². The maximum Gasteiger partial charge on any atom is 0.335 e. The van der Waals surface area contributed by atoms with Crippen LogP contribution in [0.5, 0.6) is 0 Å². The van der Waals surface area contributed by atoms with E-state index in [0.717, 1.165) is 16.8 Å². The van der Waals surface area contributed by atoms with Gasteiger partial charge in [0.2, 0.25) is 0 Å². The lowest BCUT2D eigenvalue weighted by Crippen LogP contribution is -2.05. The third-order valence-electron chi connectivity index (χ3n) is 3.04. The van der Waals surface area contributed by atoms with Gasteiger partial charge in [-0.2, -0.15) is 0 Å². The first-order valence-corrected chi connectivity index (χ1v) is 5.42. The van der Waals surface area contributed by atoms with Crippen LogP contribution >= 0.6 is 0 Å². The molecule has 2 aromatic rings. The summed E-state index contributed by atoms with van der Waals surface area (Å²) in [4.78, 5) is 18.2. The monoisotopic (exact) mass is 230 g/mol. The van der Waals surface area contributed by atoms with Crippen molar-refractivity contribution in [2.75, 3.05) is 0 Å². The summed E-state index contributed by atoms with van der Waals surface area (Å²) in [6.07, 6.45) is 3.46. The molecule has 1 heterocycles. The molecule has 0 amide bonds. The number of carboxylic acids is 1. The van der Waals surface area contributed by atoms with Gasteiger partial charge in [0, 0.05) is 12.1 Å². The second kappa shape index (κ2) is 4.41. The number of aromatic amines is 1. The number of benzene rings is 1. The molecular weight excluding hydrogens is 216 g/mol. The highest BCUT2D eigenvalue weighted by molar-refractivity contribution is 5.89. The van der Waals surface area contributed by atoms with E-state index in [-0.39, 0.29) is 5.92 Å². The molecule has 0 saturated carbocycles. The Labute approximate surface area is 99.3 Å². The smallest absolute Gasteiger partial charge is 0.335 e. The number of aromatic carboxylic acids is 1. The SMILES string of the molecule is Cc1c(C(=O)O)cccc1C(C)c1c[nH]cn1. The Morgan fingerprint density at radius 1 is 1.47 bits per heavy atom. The number of nitrogens with zero attached hydrogens (tertiary/aromatic N) is 1. The topological polar surface area (TPSA) is 66.0 Å². The summed E-state index contributed by atoms with van der Waals surface area (Å²) >= 11 is 0. The Morgan fingerprint density at radius 3 is 2.82 bits per heavy atom. The zero-order valence-corrected chi connectivity index (χ0v) is 9.77. The standard InChI is InChI=1S/C13H14N2O2/c1-8-10(4-3-5-11(8)13(16)17)9(2)12-6-14-7-15-12/h3-7,9H,1-2H3,(H,14,15)(H,16,17). The predicted octanol–water partition coefficient (Wildman–Crippen LogP) is 2.57. The van der Waals surface area contributed by atoms with E-state index in [4.69, 9.17) is 5.11 Å². The number of H-pyrrole nitrogens is 1. The minimum atomic E-state index is -0.890. The van der Waals surface area contributed by atoms with Gasteiger partial charge in [0.25, 0.3) is 0 Å². The zero-order chi connectivity index (χ0) is 12.4. The van der Waals surface area contributed by atoms with Crippen molar-refractivity contribution in [2.45, 2.75) is 19.8 Å². The molecule has 0 saturated heterocycles. The highest BCUT2D eigenvalue weighted by Gasteiger charge is 2.16. The highest BCUT2D eigenvalue weighted by atomic mass is 16.4. The van der Waals surface area contributed by atoms with Crippen molar-refractivity contribution in [3.05, 3.63) is 53.1 Å². The van der Waals surface area contributed by atoms with Gasteiger partial charge >= 0.3 is 5.97 Å². The van der Waals surface area contributed by atoms with E-state index in [2.05, 4.69) is 9.97 Å². The minimum Gasteiger partial charge on any atom is -0.478 e. The number of hydrogen-bond acceptors (Lipinski definition) is 2. The van der Waals surface area contributed by atoms with Crippen LogP contribution in [0.15, 0.2) is 30.7 Å². The van der Waals surface area contributed by atoms with Crippen LogP contribution < -0.4 is 0 Å². The molecule has 4 nitrogen and oxygen atoms in total. The molecule has 2 N–H and O–H groups in total. The van der Waals surface area contributed by atoms with Gasteiger partial charge in [0.15, 0.2) is 0 Å². The lowest BCUT2D eigenvalue weighted by atomic mass is 9.91. The molecule has 0 bridgehead atoms. The Balaban J connectivity index is 2.46. The van der Waals surface area contributed by atoms with Gasteiger partial charge < -0.3 is 10.1 Å². The van der Waals surface area contributed by atoms with Crippen molar-refractivity contribution in [3.63, 3.8) is 0 Å². The van der Waals surface area contributed by atoms with E-state index in [1.54, 1.807) is 18.5 Å². The molecular formula is C13H14N2O2. The summed E-state index contributed by atoms with van der Waals surface area (Å²) in [6.45, 7) is 3.85. The average molecular weight is 230 g/mol. The minimum absolute atomic E-state index is 0.0838. The summed E-state index contributed by atoms with van der Waals surface area (Å²) in [6, 6.07) is 5.34. The largest absolute Gasteiger partial charge is 0.478 e. The molecule has 2 rings (SSSR count). The van der Waals surface area contributed by atoms with Crippen LogP contribution in [-0.4, -0.2) is 21.0 Å². The fourth-order valence-electron chi connectivity index (χ4n) is 2.02. The summed E-state index contributed by atoms with van der Waals surface area (Å²) in [5, 5.41) is 9.08. The third-order valence-corrected chi connectivity index (χ3v) is 3.04. The van der Waals surface area contributed by atoms with Gasteiger partial charge in [-0.25, -0.2) is 9.78 Å². The fourth-order valence-corrected chi connectivity index (χ4v) is 2.02. The summed E-state index contributed by atoms with van der Waals surface area (Å²) in [5.41, 5.74) is 3.06. The van der Waals surface area contributed by atoms with E-state index in [9.17, 15) is 4.79 Å². The fraction of sp³-hybridized carbons (Fsp3) is 0.231. The normalized spacial score (nSPS) is 12.4. The van der Waals surface area contributed by atoms with Crippen molar-refractivity contribution in [1.29, 1.82) is 0 Å². The highest BCUT2D eigenvalue weighted by Crippen LogP contribution is 2.26. The van der Waals surface area contributed by atoms with Crippen LogP contribution in [0.4, 0.5) is 0 Å². The van der Waals surface area contributed by atoms with Crippen LogP contribution in [0.2, 0.25) is 0 Å². The average Bonchev–Trinajstić information content (AvgIpc) is 2.81. The number of nitrogens with one attached hydrogen (secondary N) is 1. The number of imidazole rings is 1. The third kappa shape index (κ3) is 2.06. The molecule has 0 aliphatic rings. The first-order chi connectivity index (χ1) is 8.11. The van der Waals surface area contributed by atoms with Gasteiger partial charge in [0.05, 0.1) is 17.6 Å². The Morgan fingerprint density at radius 2 is 2.24 bits per heavy atom. The lowest BCUT2D eigenvalue weighted by molar-refractivity contribution is 0.0696. The van der Waals surface area contributed by atoms with Crippen molar-refractivity contribution in [2.24, 2.45) is 0 Å². The van der Waals surface area contributed by atoms with Gasteiger partial charge in [-0.05, 0) is 24.1 Å².